The number of aromatic nitrogens is 1. The van der Waals surface area contributed by atoms with Gasteiger partial charge in [-0.1, -0.05) is 6.08 Å². The summed E-state index contributed by atoms with van der Waals surface area (Å²) in [5.41, 5.74) is 6.29. The Morgan fingerprint density at radius 1 is 1.33 bits per heavy atom. The average Bonchev–Trinajstić information content (AvgIpc) is 2.71. The van der Waals surface area contributed by atoms with Gasteiger partial charge >= 0.3 is 0 Å². The van der Waals surface area contributed by atoms with Crippen LogP contribution in [0.25, 0.3) is 6.08 Å². The Hall–Kier alpha value is -1.48. The fraction of sp³-hybridized carbons (Fsp3) is 0.111. The van der Waals surface area contributed by atoms with Gasteiger partial charge in [0.15, 0.2) is 0 Å². The first-order valence-electron chi connectivity index (χ1n) is 3.92. The largest absolute Gasteiger partial charge is 0.361 e. The van der Waals surface area contributed by atoms with E-state index in [4.69, 9.17) is 4.84 Å². The van der Waals surface area contributed by atoms with Crippen LogP contribution in [0.1, 0.15) is 17.4 Å². The second-order valence-corrected chi connectivity index (χ2v) is 2.94. The van der Waals surface area contributed by atoms with Crippen molar-refractivity contribution in [3.63, 3.8) is 0 Å². The number of rotatable bonds is 0. The highest BCUT2D eigenvalue weighted by atomic mass is 16.7. The van der Waals surface area contributed by atoms with Crippen LogP contribution < -0.4 is 5.48 Å². The van der Waals surface area contributed by atoms with Crippen molar-refractivity contribution in [2.75, 3.05) is 0 Å². The van der Waals surface area contributed by atoms with Gasteiger partial charge in [0.2, 0.25) is 0 Å². The van der Waals surface area contributed by atoms with Crippen molar-refractivity contribution >= 4 is 6.08 Å². The zero-order valence-corrected chi connectivity index (χ0v) is 6.37. The molecule has 0 aromatic carbocycles. The number of hydrogen-bond donors (Lipinski definition) is 2. The lowest BCUT2D eigenvalue weighted by atomic mass is 9.97. The Morgan fingerprint density at radius 3 is 3.33 bits per heavy atom. The lowest BCUT2D eigenvalue weighted by Gasteiger charge is -2.14. The van der Waals surface area contributed by atoms with Crippen molar-refractivity contribution in [2.45, 2.75) is 6.10 Å². The summed E-state index contributed by atoms with van der Waals surface area (Å²) in [6, 6.07) is 2.05. The molecule has 0 fully saturated rings. The monoisotopic (exact) mass is 160 g/mol. The summed E-state index contributed by atoms with van der Waals surface area (Å²) >= 11 is 0. The molecule has 0 spiro atoms. The van der Waals surface area contributed by atoms with Crippen molar-refractivity contribution in [3.8, 4) is 0 Å². The molecule has 60 valence electrons. The average molecular weight is 160 g/mol. The quantitative estimate of drug-likeness (QED) is 0.603. The smallest absolute Gasteiger partial charge is 0.139 e. The molecular weight excluding hydrogens is 152 g/mol. The third-order valence-electron chi connectivity index (χ3n) is 2.25. The Morgan fingerprint density at radius 2 is 2.33 bits per heavy atom. The SMILES string of the molecule is C1=Cc2[nH]ccc2C2ONC=C12. The summed E-state index contributed by atoms with van der Waals surface area (Å²) in [6.07, 6.45) is 8.02. The first-order valence-corrected chi connectivity index (χ1v) is 3.92. The third kappa shape index (κ3) is 0.636. The predicted molar refractivity (Wildman–Crippen MR) is 44.9 cm³/mol. The summed E-state index contributed by atoms with van der Waals surface area (Å²) in [5.74, 6) is 0. The van der Waals surface area contributed by atoms with Crippen molar-refractivity contribution in [2.24, 2.45) is 0 Å². The number of H-pyrrole nitrogens is 1. The topological polar surface area (TPSA) is 37.0 Å². The van der Waals surface area contributed by atoms with Crippen LogP contribution in [0.15, 0.2) is 30.1 Å². The summed E-state index contributed by atoms with van der Waals surface area (Å²) in [4.78, 5) is 8.48. The van der Waals surface area contributed by atoms with Gasteiger partial charge in [0.1, 0.15) is 6.10 Å². The maximum Gasteiger partial charge on any atom is 0.139 e. The first-order chi connectivity index (χ1) is 5.95. The highest BCUT2D eigenvalue weighted by Crippen LogP contribution is 2.35. The summed E-state index contributed by atoms with van der Waals surface area (Å²) in [5, 5.41) is 0. The van der Waals surface area contributed by atoms with Gasteiger partial charge in [-0.05, 0) is 12.1 Å². The molecular formula is C9H8N2O. The highest BCUT2D eigenvalue weighted by molar-refractivity contribution is 5.61. The first kappa shape index (κ1) is 6.08. The van der Waals surface area contributed by atoms with Gasteiger partial charge in [-0.2, -0.15) is 0 Å². The summed E-state index contributed by atoms with van der Waals surface area (Å²) in [6.45, 7) is 0. The molecule has 1 unspecified atom stereocenters. The second kappa shape index (κ2) is 2.01. The van der Waals surface area contributed by atoms with E-state index in [1.54, 1.807) is 0 Å². The minimum Gasteiger partial charge on any atom is -0.361 e. The second-order valence-electron chi connectivity index (χ2n) is 2.94. The number of hydrogen-bond acceptors (Lipinski definition) is 2. The molecule has 1 atom stereocenters. The summed E-state index contributed by atoms with van der Waals surface area (Å²) in [7, 11) is 0. The number of hydroxylamine groups is 1. The van der Waals surface area contributed by atoms with E-state index in [1.165, 1.54) is 11.1 Å². The van der Waals surface area contributed by atoms with Crippen LogP contribution in [-0.2, 0) is 4.84 Å². The molecule has 0 bridgehead atoms. The molecule has 2 heterocycles. The number of fused-ring (bicyclic) bond motifs is 3. The molecule has 0 amide bonds. The van der Waals surface area contributed by atoms with Gasteiger partial charge in [0.25, 0.3) is 0 Å². The van der Waals surface area contributed by atoms with Gasteiger partial charge in [-0.15, -0.1) is 0 Å². The molecule has 1 aliphatic carbocycles. The Labute approximate surface area is 69.7 Å². The molecule has 3 heteroatoms. The lowest BCUT2D eigenvalue weighted by Crippen LogP contribution is -2.07. The third-order valence-corrected chi connectivity index (χ3v) is 2.25. The zero-order valence-electron chi connectivity index (χ0n) is 6.37. The lowest BCUT2D eigenvalue weighted by molar-refractivity contribution is 0.0436. The fourth-order valence-electron chi connectivity index (χ4n) is 1.64. The number of nitrogens with one attached hydrogen (secondary N) is 2. The van der Waals surface area contributed by atoms with Crippen LogP contribution in [-0.4, -0.2) is 4.98 Å². The van der Waals surface area contributed by atoms with E-state index in [1.807, 2.05) is 18.5 Å². The van der Waals surface area contributed by atoms with Crippen LogP contribution >= 0.6 is 0 Å². The van der Waals surface area contributed by atoms with E-state index in [2.05, 4.69) is 22.6 Å². The molecule has 2 N–H and O–H groups in total. The molecule has 2 aliphatic rings. The van der Waals surface area contributed by atoms with Crippen LogP contribution in [0.2, 0.25) is 0 Å². The highest BCUT2D eigenvalue weighted by Gasteiger charge is 2.26. The molecule has 0 radical (unpaired) electrons. The molecule has 3 rings (SSSR count). The molecule has 12 heavy (non-hydrogen) atoms. The molecule has 1 aromatic heterocycles. The minimum atomic E-state index is 0.0799. The Kier molecular flexibility index (Phi) is 1.02. The fourth-order valence-corrected chi connectivity index (χ4v) is 1.64. The van der Waals surface area contributed by atoms with E-state index in [0.717, 1.165) is 5.69 Å². The van der Waals surface area contributed by atoms with Crippen molar-refractivity contribution < 1.29 is 4.84 Å². The van der Waals surface area contributed by atoms with Crippen LogP contribution in [0.4, 0.5) is 0 Å². The maximum atomic E-state index is 5.33. The van der Waals surface area contributed by atoms with Gasteiger partial charge in [-0.3, -0.25) is 10.3 Å². The van der Waals surface area contributed by atoms with E-state index >= 15 is 0 Å². The van der Waals surface area contributed by atoms with E-state index in [0.29, 0.717) is 0 Å². The molecule has 1 aromatic rings. The van der Waals surface area contributed by atoms with Crippen LogP contribution in [0.5, 0.6) is 0 Å². The molecule has 1 aliphatic heterocycles. The van der Waals surface area contributed by atoms with Gasteiger partial charge in [0.05, 0.1) is 0 Å². The van der Waals surface area contributed by atoms with Gasteiger partial charge in [0, 0.05) is 29.2 Å². The van der Waals surface area contributed by atoms with Gasteiger partial charge < -0.3 is 4.98 Å². The molecule has 0 saturated carbocycles. The standard InChI is InChI=1S/C9H8N2O/c1-2-8-7(3-4-10-8)9-6(1)5-11-12-9/h1-5,9-11H. The van der Waals surface area contributed by atoms with Gasteiger partial charge in [-0.25, -0.2) is 0 Å². The Bertz CT molecular complexity index is 376. The Balaban J connectivity index is 2.20. The summed E-state index contributed by atoms with van der Waals surface area (Å²) < 4.78 is 0. The predicted octanol–water partition coefficient (Wildman–Crippen LogP) is 1.50. The van der Waals surface area contributed by atoms with Crippen LogP contribution in [0, 0.1) is 0 Å². The van der Waals surface area contributed by atoms with Crippen molar-refractivity contribution in [3.05, 3.63) is 41.4 Å². The molecule has 3 nitrogen and oxygen atoms in total. The van der Waals surface area contributed by atoms with Crippen LogP contribution in [0.3, 0.4) is 0 Å². The van der Waals surface area contributed by atoms with Crippen molar-refractivity contribution in [1.82, 2.24) is 10.5 Å². The maximum absolute atomic E-state index is 5.33. The number of aromatic amines is 1. The normalized spacial score (nSPS) is 24.3. The molecule has 0 saturated heterocycles. The van der Waals surface area contributed by atoms with Crippen molar-refractivity contribution in [1.29, 1.82) is 0 Å². The zero-order chi connectivity index (χ0) is 7.97. The van der Waals surface area contributed by atoms with E-state index in [9.17, 15) is 0 Å². The van der Waals surface area contributed by atoms with E-state index < -0.39 is 0 Å². The minimum absolute atomic E-state index is 0.0799. The van der Waals surface area contributed by atoms with E-state index in [-0.39, 0.29) is 6.10 Å².